The molecule has 0 spiro atoms. The average molecular weight is 749 g/mol. The molecule has 10 nitrogen and oxygen atoms in total. The van der Waals surface area contributed by atoms with Crippen LogP contribution in [0.2, 0.25) is 0 Å². The first kappa shape index (κ1) is 44.3. The topological polar surface area (TPSA) is 129 Å². The summed E-state index contributed by atoms with van der Waals surface area (Å²) in [5.41, 5.74) is 3.89. The normalized spacial score (nSPS) is 15.5. The molecule has 0 aliphatic rings. The van der Waals surface area contributed by atoms with Gasteiger partial charge >= 0.3 is 27.0 Å². The third kappa shape index (κ3) is 15.3. The third-order valence-corrected chi connectivity index (χ3v) is 10.3. The van der Waals surface area contributed by atoms with Crippen molar-refractivity contribution in [2.24, 2.45) is 10.8 Å². The van der Waals surface area contributed by atoms with E-state index in [1.165, 1.54) is 13.3 Å². The van der Waals surface area contributed by atoms with Crippen LogP contribution in [-0.2, 0) is 34.6 Å². The van der Waals surface area contributed by atoms with Crippen molar-refractivity contribution in [1.82, 2.24) is 10.2 Å². The molecule has 51 heavy (non-hydrogen) atoms. The van der Waals surface area contributed by atoms with E-state index >= 15 is 0 Å². The van der Waals surface area contributed by atoms with Gasteiger partial charge in [-0.05, 0) is 80.2 Å². The van der Waals surface area contributed by atoms with Crippen LogP contribution >= 0.6 is 15.0 Å². The van der Waals surface area contributed by atoms with Crippen LogP contribution in [0.1, 0.15) is 105 Å². The Morgan fingerprint density at radius 3 is 1.65 bits per heavy atom. The summed E-state index contributed by atoms with van der Waals surface area (Å²) in [5, 5.41) is 5.70. The van der Waals surface area contributed by atoms with Gasteiger partial charge in [0.2, 0.25) is 0 Å². The van der Waals surface area contributed by atoms with Crippen LogP contribution in [-0.4, -0.2) is 50.6 Å². The minimum absolute atomic E-state index is 0.201. The molecule has 2 rings (SSSR count). The molecule has 12 heteroatoms. The fraction of sp³-hybridized carbons (Fsp3) is 0.590. The van der Waals surface area contributed by atoms with Crippen molar-refractivity contribution in [3.8, 4) is 22.6 Å². The van der Waals surface area contributed by atoms with E-state index < -0.39 is 39.1 Å². The van der Waals surface area contributed by atoms with Crippen molar-refractivity contribution in [2.45, 2.75) is 114 Å². The first-order chi connectivity index (χ1) is 23.3. The molecule has 0 saturated heterocycles. The highest BCUT2D eigenvalue weighted by Crippen LogP contribution is 2.52. The molecule has 0 amide bonds. The second-order valence-corrected chi connectivity index (χ2v) is 20.4. The molecule has 0 aliphatic heterocycles. The molecule has 0 heterocycles. The Hall–Kier alpha value is -2.90. The summed E-state index contributed by atoms with van der Waals surface area (Å²) in [6, 6.07) is 7.62. The molecule has 2 unspecified atom stereocenters. The number of aryl methyl sites for hydroxylation is 2. The molecule has 2 aromatic carbocycles. The SMILES string of the molecule is C=C(C)c1ccc(C)cc1-c1c(OP(C)(=O)N[C@@H](C)C(=O)OCC(C)(C)C)cc(CCCCC)cc1OP(C)(=O)N[C@@H](C)C(=O)OCC(C)(C)C. The Labute approximate surface area is 306 Å². The van der Waals surface area contributed by atoms with Crippen LogP contribution < -0.4 is 19.2 Å². The van der Waals surface area contributed by atoms with Gasteiger partial charge in [0.25, 0.3) is 0 Å². The maximum absolute atomic E-state index is 14.2. The van der Waals surface area contributed by atoms with E-state index in [9.17, 15) is 18.7 Å². The smallest absolute Gasteiger partial charge is 0.323 e. The number of unbranched alkanes of at least 4 members (excludes halogenated alkanes) is 2. The average Bonchev–Trinajstić information content (AvgIpc) is 2.96. The Balaban J connectivity index is 2.72. The Morgan fingerprint density at radius 2 is 1.25 bits per heavy atom. The van der Waals surface area contributed by atoms with Crippen molar-refractivity contribution >= 4 is 32.6 Å². The summed E-state index contributed by atoms with van der Waals surface area (Å²) in [4.78, 5) is 25.7. The van der Waals surface area contributed by atoms with Gasteiger partial charge in [-0.1, -0.05) is 97.2 Å². The van der Waals surface area contributed by atoms with Crippen molar-refractivity contribution in [1.29, 1.82) is 0 Å². The van der Waals surface area contributed by atoms with Crippen LogP contribution in [0.25, 0.3) is 16.7 Å². The van der Waals surface area contributed by atoms with Crippen molar-refractivity contribution in [3.05, 3.63) is 53.6 Å². The molecule has 0 radical (unpaired) electrons. The third-order valence-electron chi connectivity index (χ3n) is 7.50. The summed E-state index contributed by atoms with van der Waals surface area (Å²) in [6.45, 7) is 28.2. The van der Waals surface area contributed by atoms with Crippen LogP contribution in [0.4, 0.5) is 0 Å². The molecular formula is C39H62N2O8P2. The van der Waals surface area contributed by atoms with Crippen LogP contribution in [0.3, 0.4) is 0 Å². The molecule has 0 bridgehead atoms. The maximum Gasteiger partial charge on any atom is 0.323 e. The fourth-order valence-corrected chi connectivity index (χ4v) is 7.84. The van der Waals surface area contributed by atoms with Gasteiger partial charge in [0.15, 0.2) is 0 Å². The highest BCUT2D eigenvalue weighted by atomic mass is 31.2. The highest BCUT2D eigenvalue weighted by molar-refractivity contribution is 7.56. The molecule has 0 aliphatic carbocycles. The number of esters is 2. The second kappa shape index (κ2) is 18.2. The number of allylic oxidation sites excluding steroid dienone is 1. The first-order valence-electron chi connectivity index (χ1n) is 17.7. The van der Waals surface area contributed by atoms with E-state index in [1.807, 2.05) is 85.7 Å². The van der Waals surface area contributed by atoms with Gasteiger partial charge in [0, 0.05) is 13.3 Å². The van der Waals surface area contributed by atoms with Crippen LogP contribution in [0.15, 0.2) is 36.9 Å². The summed E-state index contributed by atoms with van der Waals surface area (Å²) >= 11 is 0. The minimum Gasteiger partial charge on any atom is -0.464 e. The van der Waals surface area contributed by atoms with Gasteiger partial charge in [-0.3, -0.25) is 18.7 Å². The fourth-order valence-electron chi connectivity index (χ4n) is 5.08. The van der Waals surface area contributed by atoms with Gasteiger partial charge < -0.3 is 18.5 Å². The molecule has 4 atom stereocenters. The largest absolute Gasteiger partial charge is 0.464 e. The number of ether oxygens (including phenoxy) is 2. The lowest BCUT2D eigenvalue weighted by molar-refractivity contribution is -0.148. The Morgan fingerprint density at radius 1 is 0.804 bits per heavy atom. The minimum atomic E-state index is -3.74. The van der Waals surface area contributed by atoms with Crippen molar-refractivity contribution < 1.29 is 37.2 Å². The van der Waals surface area contributed by atoms with E-state index in [-0.39, 0.29) is 35.5 Å². The monoisotopic (exact) mass is 748 g/mol. The molecule has 286 valence electrons. The number of hydrogen-bond acceptors (Lipinski definition) is 8. The first-order valence-corrected chi connectivity index (χ1v) is 21.8. The molecule has 2 aromatic rings. The van der Waals surface area contributed by atoms with Gasteiger partial charge in [-0.25, -0.2) is 10.2 Å². The zero-order valence-electron chi connectivity index (χ0n) is 33.2. The van der Waals surface area contributed by atoms with Gasteiger partial charge in [0.1, 0.15) is 23.6 Å². The Kier molecular flexibility index (Phi) is 15.8. The lowest BCUT2D eigenvalue weighted by Crippen LogP contribution is -2.35. The lowest BCUT2D eigenvalue weighted by atomic mass is 9.91. The van der Waals surface area contributed by atoms with E-state index in [1.54, 1.807) is 13.8 Å². The highest BCUT2D eigenvalue weighted by Gasteiger charge is 2.32. The number of hydrogen-bond donors (Lipinski definition) is 2. The molecule has 0 fully saturated rings. The number of rotatable bonds is 18. The summed E-state index contributed by atoms with van der Waals surface area (Å²) < 4.78 is 52.0. The molecular weight excluding hydrogens is 686 g/mol. The second-order valence-electron chi connectivity index (χ2n) is 16.2. The molecule has 0 aromatic heterocycles. The van der Waals surface area contributed by atoms with Crippen LogP contribution in [0.5, 0.6) is 11.5 Å². The molecule has 0 saturated carbocycles. The van der Waals surface area contributed by atoms with Crippen LogP contribution in [0, 0.1) is 17.8 Å². The summed E-state index contributed by atoms with van der Waals surface area (Å²) in [6.07, 6.45) is 3.50. The van der Waals surface area contributed by atoms with Gasteiger partial charge in [0.05, 0.1) is 18.8 Å². The van der Waals surface area contributed by atoms with E-state index in [2.05, 4.69) is 23.7 Å². The van der Waals surface area contributed by atoms with Gasteiger partial charge in [-0.2, -0.15) is 0 Å². The predicted octanol–water partition coefficient (Wildman–Crippen LogP) is 9.97. The standard InChI is InChI=1S/C39H62N2O8P2/c1-15-16-17-18-30-22-33(48-50(13,44)40-28(5)36(42)46-24-38(7,8)9)35(32-21-27(4)19-20-31(32)26(2)3)34(23-30)49-51(14,45)41-29(6)37(43)47-25-39(10,11)12/h19-23,28-29H,2,15-18,24-25H2,1,3-14H3,(H,40,44)(H,41,45)/t28-,29-,50?,51?/m0/s1. The van der Waals surface area contributed by atoms with Gasteiger partial charge in [-0.15, -0.1) is 0 Å². The number of nitrogens with one attached hydrogen (secondary N) is 2. The van der Waals surface area contributed by atoms with Crippen molar-refractivity contribution in [3.63, 3.8) is 0 Å². The summed E-state index contributed by atoms with van der Waals surface area (Å²) in [7, 11) is -7.48. The number of carbonyl (C=O) groups excluding carboxylic acids is 2. The van der Waals surface area contributed by atoms with E-state index in [0.29, 0.717) is 17.5 Å². The Bertz CT molecular complexity index is 1560. The lowest BCUT2D eigenvalue weighted by Gasteiger charge is -2.27. The predicted molar refractivity (Wildman–Crippen MR) is 209 cm³/mol. The maximum atomic E-state index is 14.2. The van der Waals surface area contributed by atoms with Crippen molar-refractivity contribution in [2.75, 3.05) is 26.5 Å². The zero-order chi connectivity index (χ0) is 38.9. The number of benzene rings is 2. The van der Waals surface area contributed by atoms with E-state index in [0.717, 1.165) is 41.5 Å². The van der Waals surface area contributed by atoms with E-state index in [4.69, 9.17) is 18.5 Å². The zero-order valence-corrected chi connectivity index (χ0v) is 34.9. The quantitative estimate of drug-likeness (QED) is 0.0863. The summed E-state index contributed by atoms with van der Waals surface area (Å²) in [5.74, 6) is -0.661. The molecule has 2 N–H and O–H groups in total. The number of carbonyl (C=O) groups is 2.